The van der Waals surface area contributed by atoms with Crippen molar-refractivity contribution in [3.05, 3.63) is 30.1 Å². The van der Waals surface area contributed by atoms with Crippen molar-refractivity contribution < 1.29 is 22.5 Å². The quantitative estimate of drug-likeness (QED) is 0.729. The highest BCUT2D eigenvalue weighted by Crippen LogP contribution is 2.16. The highest BCUT2D eigenvalue weighted by Gasteiger charge is 2.34. The molecule has 0 saturated carbocycles. The molecule has 1 aromatic carbocycles. The van der Waals surface area contributed by atoms with Gasteiger partial charge < -0.3 is 10.2 Å². The summed E-state index contributed by atoms with van der Waals surface area (Å²) in [5.74, 6) is -0.461. The second kappa shape index (κ2) is 8.04. The largest absolute Gasteiger partial charge is 0.351 e. The second-order valence-electron chi connectivity index (χ2n) is 6.03. The molecule has 1 amide bonds. The van der Waals surface area contributed by atoms with Crippen LogP contribution in [0.4, 0.5) is 4.39 Å². The molecule has 0 aliphatic carbocycles. The summed E-state index contributed by atoms with van der Waals surface area (Å²) >= 11 is 0. The maximum Gasteiger partial charge on any atom is 0.278 e. The zero-order chi connectivity index (χ0) is 17.7. The Morgan fingerprint density at radius 1 is 1.29 bits per heavy atom. The van der Waals surface area contributed by atoms with Gasteiger partial charge in [-0.15, -0.1) is 0 Å². The minimum atomic E-state index is -3.61. The van der Waals surface area contributed by atoms with E-state index in [0.29, 0.717) is 32.7 Å². The van der Waals surface area contributed by atoms with E-state index in [1.807, 2.05) is 13.8 Å². The Balaban J connectivity index is 1.96. The van der Waals surface area contributed by atoms with Crippen LogP contribution < -0.4 is 10.2 Å². The maximum atomic E-state index is 13.0. The zero-order valence-electron chi connectivity index (χ0n) is 14.1. The van der Waals surface area contributed by atoms with Gasteiger partial charge >= 0.3 is 0 Å². The molecular formula is C16H25FN3O3S+. The van der Waals surface area contributed by atoms with Crippen LogP contribution >= 0.6 is 0 Å². The number of hydrogen-bond acceptors (Lipinski definition) is 3. The van der Waals surface area contributed by atoms with E-state index >= 15 is 0 Å². The Morgan fingerprint density at radius 3 is 2.42 bits per heavy atom. The number of carbonyl (C=O) groups is 1. The molecular weight excluding hydrogens is 333 g/mol. The summed E-state index contributed by atoms with van der Waals surface area (Å²) in [4.78, 5) is 13.2. The lowest BCUT2D eigenvalue weighted by Crippen LogP contribution is -3.19. The van der Waals surface area contributed by atoms with E-state index in [-0.39, 0.29) is 16.8 Å². The highest BCUT2D eigenvalue weighted by atomic mass is 32.2. The smallest absolute Gasteiger partial charge is 0.278 e. The molecule has 0 bridgehead atoms. The average molecular weight is 358 g/mol. The number of amides is 1. The summed E-state index contributed by atoms with van der Waals surface area (Å²) in [6.45, 7) is 6.35. The van der Waals surface area contributed by atoms with Crippen LogP contribution in [0.15, 0.2) is 29.2 Å². The molecule has 2 rings (SSSR count). The van der Waals surface area contributed by atoms with Gasteiger partial charge in [-0.25, -0.2) is 12.8 Å². The van der Waals surface area contributed by atoms with Crippen LogP contribution in [-0.2, 0) is 14.8 Å². The average Bonchev–Trinajstić information content (AvgIpc) is 2.59. The Labute approximate surface area is 142 Å². The number of nitrogens with zero attached hydrogens (tertiary/aromatic N) is 1. The number of hydrogen-bond donors (Lipinski definition) is 2. The molecule has 1 atom stereocenters. The van der Waals surface area contributed by atoms with E-state index in [9.17, 15) is 17.6 Å². The standard InChI is InChI=1S/C16H24FN3O3S/c1-3-8-18-16(21)13(2)19-9-11-20(12-10-19)24(22,23)15-6-4-14(17)5-7-15/h4-7,13H,3,8-12H2,1-2H3,(H,18,21)/p+1/t13-/m0/s1. The molecule has 1 saturated heterocycles. The van der Waals surface area contributed by atoms with E-state index < -0.39 is 15.8 Å². The number of quaternary nitrogens is 1. The summed E-state index contributed by atoms with van der Waals surface area (Å²) in [5.41, 5.74) is 0. The van der Waals surface area contributed by atoms with E-state index in [4.69, 9.17) is 0 Å². The highest BCUT2D eigenvalue weighted by molar-refractivity contribution is 7.89. The van der Waals surface area contributed by atoms with Crippen molar-refractivity contribution >= 4 is 15.9 Å². The van der Waals surface area contributed by atoms with Crippen molar-refractivity contribution in [2.45, 2.75) is 31.2 Å². The Hall–Kier alpha value is -1.51. The molecule has 0 aromatic heterocycles. The molecule has 1 fully saturated rings. The van der Waals surface area contributed by atoms with Crippen molar-refractivity contribution in [1.82, 2.24) is 9.62 Å². The molecule has 1 heterocycles. The first kappa shape index (κ1) is 18.8. The van der Waals surface area contributed by atoms with Crippen LogP contribution in [0.2, 0.25) is 0 Å². The molecule has 1 aliphatic rings. The van der Waals surface area contributed by atoms with E-state index in [2.05, 4.69) is 5.32 Å². The minimum Gasteiger partial charge on any atom is -0.351 e. The van der Waals surface area contributed by atoms with Crippen molar-refractivity contribution in [2.75, 3.05) is 32.7 Å². The van der Waals surface area contributed by atoms with Gasteiger partial charge in [0.2, 0.25) is 10.0 Å². The first-order chi connectivity index (χ1) is 11.4. The van der Waals surface area contributed by atoms with Crippen molar-refractivity contribution in [1.29, 1.82) is 0 Å². The fourth-order valence-corrected chi connectivity index (χ4v) is 4.23. The SMILES string of the molecule is CCCNC(=O)[C@H](C)[NH+]1CCN(S(=O)(=O)c2ccc(F)cc2)CC1. The molecule has 6 nitrogen and oxygen atoms in total. The topological polar surface area (TPSA) is 70.9 Å². The monoisotopic (exact) mass is 358 g/mol. The second-order valence-corrected chi connectivity index (χ2v) is 7.97. The number of carbonyl (C=O) groups excluding carboxylic acids is 1. The van der Waals surface area contributed by atoms with Crippen LogP contribution in [-0.4, -0.2) is 57.4 Å². The third kappa shape index (κ3) is 4.31. The van der Waals surface area contributed by atoms with Crippen LogP contribution in [0.3, 0.4) is 0 Å². The Morgan fingerprint density at radius 2 is 1.88 bits per heavy atom. The molecule has 24 heavy (non-hydrogen) atoms. The van der Waals surface area contributed by atoms with Gasteiger partial charge in [-0.05, 0) is 37.6 Å². The van der Waals surface area contributed by atoms with Crippen molar-refractivity contribution in [3.63, 3.8) is 0 Å². The zero-order valence-corrected chi connectivity index (χ0v) is 14.9. The lowest BCUT2D eigenvalue weighted by Gasteiger charge is -2.34. The number of halogens is 1. The van der Waals surface area contributed by atoms with Crippen LogP contribution in [0.1, 0.15) is 20.3 Å². The van der Waals surface area contributed by atoms with Gasteiger partial charge in [-0.3, -0.25) is 4.79 Å². The van der Waals surface area contributed by atoms with Crippen LogP contribution in [0.5, 0.6) is 0 Å². The molecule has 0 radical (unpaired) electrons. The number of sulfonamides is 1. The molecule has 134 valence electrons. The summed E-state index contributed by atoms with van der Waals surface area (Å²) in [6.07, 6.45) is 0.886. The van der Waals surface area contributed by atoms with Gasteiger partial charge in [0.1, 0.15) is 5.82 Å². The minimum absolute atomic E-state index is 0.00157. The van der Waals surface area contributed by atoms with Crippen LogP contribution in [0.25, 0.3) is 0 Å². The molecule has 0 spiro atoms. The third-order valence-electron chi connectivity index (χ3n) is 4.37. The van der Waals surface area contributed by atoms with Crippen LogP contribution in [0, 0.1) is 5.82 Å². The van der Waals surface area contributed by atoms with E-state index in [1.54, 1.807) is 0 Å². The molecule has 2 N–H and O–H groups in total. The number of nitrogens with one attached hydrogen (secondary N) is 2. The molecule has 0 unspecified atom stereocenters. The van der Waals surface area contributed by atoms with E-state index in [0.717, 1.165) is 23.5 Å². The van der Waals surface area contributed by atoms with Gasteiger partial charge in [0.25, 0.3) is 5.91 Å². The number of rotatable bonds is 6. The van der Waals surface area contributed by atoms with Gasteiger partial charge in [-0.2, -0.15) is 4.31 Å². The van der Waals surface area contributed by atoms with Crippen molar-refractivity contribution in [2.24, 2.45) is 0 Å². The molecule has 1 aromatic rings. The first-order valence-electron chi connectivity index (χ1n) is 8.24. The van der Waals surface area contributed by atoms with E-state index in [1.165, 1.54) is 16.4 Å². The summed E-state index contributed by atoms with van der Waals surface area (Å²) in [6, 6.07) is 4.66. The predicted molar refractivity (Wildman–Crippen MR) is 88.6 cm³/mol. The molecule has 8 heteroatoms. The number of piperazine rings is 1. The lowest BCUT2D eigenvalue weighted by atomic mass is 10.2. The van der Waals surface area contributed by atoms with Gasteiger partial charge in [-0.1, -0.05) is 6.92 Å². The fraction of sp³-hybridized carbons (Fsp3) is 0.562. The third-order valence-corrected chi connectivity index (χ3v) is 6.28. The Kier molecular flexibility index (Phi) is 6.31. The lowest BCUT2D eigenvalue weighted by molar-refractivity contribution is -0.917. The van der Waals surface area contributed by atoms with Gasteiger partial charge in [0, 0.05) is 6.54 Å². The maximum absolute atomic E-state index is 13.0. The summed E-state index contributed by atoms with van der Waals surface area (Å²) in [7, 11) is -3.61. The van der Waals surface area contributed by atoms with Crippen molar-refractivity contribution in [3.8, 4) is 0 Å². The first-order valence-corrected chi connectivity index (χ1v) is 9.68. The summed E-state index contributed by atoms with van der Waals surface area (Å²) < 4.78 is 39.5. The fourth-order valence-electron chi connectivity index (χ4n) is 2.79. The molecule has 1 aliphatic heterocycles. The van der Waals surface area contributed by atoms with Gasteiger partial charge in [0.15, 0.2) is 6.04 Å². The number of benzene rings is 1. The summed E-state index contributed by atoms with van der Waals surface area (Å²) in [5, 5.41) is 2.87. The normalized spacial score (nSPS) is 18.3. The Bertz CT molecular complexity index is 656. The van der Waals surface area contributed by atoms with Gasteiger partial charge in [0.05, 0.1) is 31.1 Å². The predicted octanol–water partition coefficient (Wildman–Crippen LogP) is -0.370.